The highest BCUT2D eigenvalue weighted by Crippen LogP contribution is 2.34. The Bertz CT molecular complexity index is 470. The smallest absolute Gasteiger partial charge is 0.293 e. The largest absolute Gasteiger partial charge is 0.315 e. The number of nitrogens with one attached hydrogen (secondary N) is 1. The molecule has 8 heteroatoms. The molecule has 1 fully saturated rings. The lowest BCUT2D eigenvalue weighted by Gasteiger charge is -2.16. The summed E-state index contributed by atoms with van der Waals surface area (Å²) in [5.41, 5.74) is 0.379. The van der Waals surface area contributed by atoms with Gasteiger partial charge in [0, 0.05) is 23.4 Å². The molecule has 1 aliphatic heterocycles. The third-order valence-corrected chi connectivity index (χ3v) is 3.34. The predicted molar refractivity (Wildman–Crippen MR) is 72.9 cm³/mol. The van der Waals surface area contributed by atoms with E-state index in [2.05, 4.69) is 0 Å². The van der Waals surface area contributed by atoms with E-state index < -0.39 is 4.92 Å². The number of nitro groups is 1. The van der Waals surface area contributed by atoms with Gasteiger partial charge < -0.3 is 4.90 Å². The molecule has 0 spiro atoms. The fourth-order valence-electron chi connectivity index (χ4n) is 1.51. The van der Waals surface area contributed by atoms with Gasteiger partial charge in [-0.3, -0.25) is 15.5 Å². The SMILES string of the molecule is Cl.N=C1SCCN1c1cc(Cl)ccc1[N+](=O)[O-]. The highest BCUT2D eigenvalue weighted by atomic mass is 35.5. The molecule has 2 rings (SSSR count). The lowest BCUT2D eigenvalue weighted by Crippen LogP contribution is -2.23. The van der Waals surface area contributed by atoms with Gasteiger partial charge >= 0.3 is 0 Å². The first-order valence-corrected chi connectivity index (χ1v) is 5.89. The van der Waals surface area contributed by atoms with E-state index in [9.17, 15) is 10.1 Å². The zero-order chi connectivity index (χ0) is 11.7. The van der Waals surface area contributed by atoms with Crippen molar-refractivity contribution < 1.29 is 4.92 Å². The maximum atomic E-state index is 10.9. The van der Waals surface area contributed by atoms with Crippen LogP contribution in [-0.2, 0) is 0 Å². The van der Waals surface area contributed by atoms with E-state index in [0.717, 1.165) is 5.75 Å². The van der Waals surface area contributed by atoms with E-state index in [4.69, 9.17) is 17.0 Å². The van der Waals surface area contributed by atoms with Gasteiger partial charge in [-0.15, -0.1) is 12.4 Å². The fraction of sp³-hybridized carbons (Fsp3) is 0.222. The van der Waals surface area contributed by atoms with Gasteiger partial charge in [-0.25, -0.2) is 0 Å². The van der Waals surface area contributed by atoms with Crippen LogP contribution in [0.5, 0.6) is 0 Å². The highest BCUT2D eigenvalue weighted by Gasteiger charge is 2.26. The summed E-state index contributed by atoms with van der Waals surface area (Å²) in [6.07, 6.45) is 0. The third-order valence-electron chi connectivity index (χ3n) is 2.22. The van der Waals surface area contributed by atoms with Crippen LogP contribution in [0.1, 0.15) is 0 Å². The van der Waals surface area contributed by atoms with Crippen molar-refractivity contribution in [2.24, 2.45) is 0 Å². The molecule has 0 atom stereocenters. The summed E-state index contributed by atoms with van der Waals surface area (Å²) in [5, 5.41) is 19.3. The average Bonchev–Trinajstić information content (AvgIpc) is 2.63. The van der Waals surface area contributed by atoms with Crippen molar-refractivity contribution in [1.82, 2.24) is 0 Å². The summed E-state index contributed by atoms with van der Waals surface area (Å²) in [5.74, 6) is 0.766. The normalized spacial score (nSPS) is 14.6. The van der Waals surface area contributed by atoms with Gasteiger partial charge in [-0.1, -0.05) is 23.4 Å². The van der Waals surface area contributed by atoms with Crippen LogP contribution in [0.4, 0.5) is 11.4 Å². The number of rotatable bonds is 2. The molecule has 1 aromatic carbocycles. The van der Waals surface area contributed by atoms with Crippen molar-refractivity contribution in [2.75, 3.05) is 17.2 Å². The topological polar surface area (TPSA) is 70.2 Å². The Kier molecular flexibility index (Phi) is 4.62. The number of amidine groups is 1. The van der Waals surface area contributed by atoms with E-state index in [0.29, 0.717) is 22.4 Å². The van der Waals surface area contributed by atoms with E-state index >= 15 is 0 Å². The molecule has 1 aromatic rings. The van der Waals surface area contributed by atoms with Gasteiger partial charge in [0.2, 0.25) is 0 Å². The molecule has 0 bridgehead atoms. The first-order valence-electron chi connectivity index (χ1n) is 4.52. The monoisotopic (exact) mass is 293 g/mol. The van der Waals surface area contributed by atoms with E-state index in [1.54, 1.807) is 4.90 Å². The number of hydrogen-bond acceptors (Lipinski definition) is 4. The minimum Gasteiger partial charge on any atom is -0.315 e. The Balaban J connectivity index is 0.00000144. The second kappa shape index (κ2) is 5.57. The molecule has 0 unspecified atom stereocenters. The van der Waals surface area contributed by atoms with Crippen molar-refractivity contribution >= 4 is 52.3 Å². The van der Waals surface area contributed by atoms with Crippen LogP contribution in [0.25, 0.3) is 0 Å². The summed E-state index contributed by atoms with van der Waals surface area (Å²) in [7, 11) is 0. The number of halogens is 2. The molecule has 1 saturated heterocycles. The first-order chi connectivity index (χ1) is 7.59. The average molecular weight is 294 g/mol. The summed E-state index contributed by atoms with van der Waals surface area (Å²) >= 11 is 7.19. The molecular weight excluding hydrogens is 285 g/mol. The standard InChI is InChI=1S/C9H8ClN3O2S.ClH/c10-6-1-2-7(13(14)15)8(5-6)12-3-4-16-9(12)11;/h1-2,5,11H,3-4H2;1H. The molecule has 1 heterocycles. The molecule has 5 nitrogen and oxygen atoms in total. The van der Waals surface area contributed by atoms with Crippen LogP contribution in [0.15, 0.2) is 18.2 Å². The fourth-order valence-corrected chi connectivity index (χ4v) is 2.49. The second-order valence-electron chi connectivity index (χ2n) is 3.20. The van der Waals surface area contributed by atoms with E-state index in [-0.39, 0.29) is 18.1 Å². The first kappa shape index (κ1) is 14.1. The maximum Gasteiger partial charge on any atom is 0.293 e. The molecule has 0 radical (unpaired) electrons. The van der Waals surface area contributed by atoms with Crippen LogP contribution < -0.4 is 4.90 Å². The molecule has 17 heavy (non-hydrogen) atoms. The zero-order valence-corrected chi connectivity index (χ0v) is 10.9. The molecule has 0 aromatic heterocycles. The number of hydrogen-bond donors (Lipinski definition) is 1. The maximum absolute atomic E-state index is 10.9. The molecule has 0 aliphatic carbocycles. The molecule has 1 N–H and O–H groups in total. The molecule has 0 saturated carbocycles. The summed E-state index contributed by atoms with van der Waals surface area (Å²) in [4.78, 5) is 12.0. The van der Waals surface area contributed by atoms with E-state index in [1.165, 1.54) is 30.0 Å². The molecular formula is C9H9Cl2N3O2S. The van der Waals surface area contributed by atoms with Gasteiger partial charge in [-0.2, -0.15) is 0 Å². The van der Waals surface area contributed by atoms with Crippen molar-refractivity contribution in [3.05, 3.63) is 33.3 Å². The van der Waals surface area contributed by atoms with Crippen LogP contribution in [0.3, 0.4) is 0 Å². The van der Waals surface area contributed by atoms with Gasteiger partial charge in [0.1, 0.15) is 5.69 Å². The summed E-state index contributed by atoms with van der Waals surface area (Å²) in [6, 6.07) is 4.38. The number of nitro benzene ring substituents is 1. The predicted octanol–water partition coefficient (Wildman–Crippen LogP) is 3.16. The molecule has 0 amide bonds. The van der Waals surface area contributed by atoms with Crippen molar-refractivity contribution in [3.63, 3.8) is 0 Å². The molecule has 1 aliphatic rings. The second-order valence-corrected chi connectivity index (χ2v) is 4.72. The Morgan fingerprint density at radius 3 is 2.76 bits per heavy atom. The zero-order valence-electron chi connectivity index (χ0n) is 8.55. The third kappa shape index (κ3) is 2.83. The van der Waals surface area contributed by atoms with Crippen LogP contribution in [0.2, 0.25) is 5.02 Å². The highest BCUT2D eigenvalue weighted by molar-refractivity contribution is 8.14. The van der Waals surface area contributed by atoms with Crippen molar-refractivity contribution in [2.45, 2.75) is 0 Å². The summed E-state index contributed by atoms with van der Waals surface area (Å²) in [6.45, 7) is 0.602. The van der Waals surface area contributed by atoms with Crippen LogP contribution in [0, 0.1) is 15.5 Å². The van der Waals surface area contributed by atoms with Crippen LogP contribution >= 0.6 is 35.8 Å². The number of thioether (sulfide) groups is 1. The Morgan fingerprint density at radius 1 is 1.53 bits per heavy atom. The summed E-state index contributed by atoms with van der Waals surface area (Å²) < 4.78 is 0. The van der Waals surface area contributed by atoms with Crippen molar-refractivity contribution in [1.29, 1.82) is 5.41 Å². The minimum atomic E-state index is -0.456. The van der Waals surface area contributed by atoms with Crippen LogP contribution in [-0.4, -0.2) is 22.4 Å². The van der Waals surface area contributed by atoms with Crippen molar-refractivity contribution in [3.8, 4) is 0 Å². The number of benzene rings is 1. The number of nitrogens with zero attached hydrogens (tertiary/aromatic N) is 2. The Labute approximate surface area is 113 Å². The lowest BCUT2D eigenvalue weighted by molar-refractivity contribution is -0.384. The lowest BCUT2D eigenvalue weighted by atomic mass is 10.2. The Hall–Kier alpha value is -0.980. The van der Waals surface area contributed by atoms with Gasteiger partial charge in [0.05, 0.1) is 4.92 Å². The minimum absolute atomic E-state index is 0. The van der Waals surface area contributed by atoms with E-state index in [1.807, 2.05) is 0 Å². The van der Waals surface area contributed by atoms with Gasteiger partial charge in [-0.05, 0) is 12.1 Å². The number of anilines is 1. The van der Waals surface area contributed by atoms with Gasteiger partial charge in [0.15, 0.2) is 5.17 Å². The quantitative estimate of drug-likeness (QED) is 0.672. The Morgan fingerprint density at radius 2 is 2.24 bits per heavy atom. The molecule has 92 valence electrons. The van der Waals surface area contributed by atoms with Gasteiger partial charge in [0.25, 0.3) is 5.69 Å².